The Balaban J connectivity index is 2.12. The van der Waals surface area contributed by atoms with Gasteiger partial charge in [0.15, 0.2) is 0 Å². The van der Waals surface area contributed by atoms with E-state index in [0.717, 1.165) is 19.5 Å². The molecule has 82 valence electrons. The standard InChI is InChI=1S/C13H20N2/c1-13(2,3)15-9-10-5-4-6-12-11(10)7-8-14-12/h4-6,14-15H,7-9H2,1-3H3. The Bertz CT molecular complexity index is 350. The molecule has 15 heavy (non-hydrogen) atoms. The molecular formula is C13H20N2. The lowest BCUT2D eigenvalue weighted by Gasteiger charge is -2.21. The van der Waals surface area contributed by atoms with E-state index in [1.165, 1.54) is 16.8 Å². The molecule has 2 nitrogen and oxygen atoms in total. The summed E-state index contributed by atoms with van der Waals surface area (Å²) in [6.45, 7) is 8.66. The summed E-state index contributed by atoms with van der Waals surface area (Å²) in [7, 11) is 0. The molecule has 0 saturated carbocycles. The molecule has 1 aromatic rings. The van der Waals surface area contributed by atoms with Crippen molar-refractivity contribution in [2.24, 2.45) is 0 Å². The number of nitrogens with one attached hydrogen (secondary N) is 2. The molecule has 0 spiro atoms. The van der Waals surface area contributed by atoms with E-state index in [0.29, 0.717) is 0 Å². The summed E-state index contributed by atoms with van der Waals surface area (Å²) >= 11 is 0. The van der Waals surface area contributed by atoms with Crippen molar-refractivity contribution in [3.05, 3.63) is 29.3 Å². The molecule has 1 heterocycles. The Labute approximate surface area is 92.1 Å². The minimum Gasteiger partial charge on any atom is -0.384 e. The highest BCUT2D eigenvalue weighted by Crippen LogP contribution is 2.25. The van der Waals surface area contributed by atoms with Gasteiger partial charge in [0.1, 0.15) is 0 Å². The summed E-state index contributed by atoms with van der Waals surface area (Å²) in [5.74, 6) is 0. The van der Waals surface area contributed by atoms with Gasteiger partial charge in [-0.3, -0.25) is 0 Å². The van der Waals surface area contributed by atoms with Crippen LogP contribution in [0.2, 0.25) is 0 Å². The summed E-state index contributed by atoms with van der Waals surface area (Å²) in [5.41, 5.74) is 4.44. The SMILES string of the molecule is CC(C)(C)NCc1cccc2c1CCN2. The van der Waals surface area contributed by atoms with Crippen molar-refractivity contribution < 1.29 is 0 Å². The number of fused-ring (bicyclic) bond motifs is 1. The Hall–Kier alpha value is -1.02. The quantitative estimate of drug-likeness (QED) is 0.773. The molecule has 0 radical (unpaired) electrons. The number of hydrogen-bond donors (Lipinski definition) is 2. The fourth-order valence-electron chi connectivity index (χ4n) is 1.94. The van der Waals surface area contributed by atoms with Gasteiger partial charge in [0, 0.05) is 24.3 Å². The molecule has 0 aromatic heterocycles. The van der Waals surface area contributed by atoms with E-state index in [-0.39, 0.29) is 5.54 Å². The molecular weight excluding hydrogens is 184 g/mol. The summed E-state index contributed by atoms with van der Waals surface area (Å²) < 4.78 is 0. The maximum Gasteiger partial charge on any atom is 0.0376 e. The Morgan fingerprint density at radius 2 is 2.13 bits per heavy atom. The van der Waals surface area contributed by atoms with E-state index in [1.807, 2.05) is 0 Å². The van der Waals surface area contributed by atoms with Crippen LogP contribution in [0.3, 0.4) is 0 Å². The van der Waals surface area contributed by atoms with Crippen LogP contribution in [-0.2, 0) is 13.0 Å². The average molecular weight is 204 g/mol. The zero-order valence-electron chi connectivity index (χ0n) is 9.85. The highest BCUT2D eigenvalue weighted by Gasteiger charge is 2.15. The second kappa shape index (κ2) is 3.86. The van der Waals surface area contributed by atoms with Gasteiger partial charge in [-0.25, -0.2) is 0 Å². The van der Waals surface area contributed by atoms with Gasteiger partial charge in [-0.2, -0.15) is 0 Å². The molecule has 2 N–H and O–H groups in total. The average Bonchev–Trinajstić information content (AvgIpc) is 2.61. The summed E-state index contributed by atoms with van der Waals surface area (Å²) in [5, 5.41) is 6.95. The molecule has 0 atom stereocenters. The van der Waals surface area contributed by atoms with Crippen LogP contribution in [0.25, 0.3) is 0 Å². The Kier molecular flexibility index (Phi) is 2.70. The molecule has 0 fully saturated rings. The van der Waals surface area contributed by atoms with Gasteiger partial charge < -0.3 is 10.6 Å². The van der Waals surface area contributed by atoms with E-state index in [2.05, 4.69) is 49.6 Å². The van der Waals surface area contributed by atoms with E-state index >= 15 is 0 Å². The summed E-state index contributed by atoms with van der Waals surface area (Å²) in [4.78, 5) is 0. The zero-order chi connectivity index (χ0) is 10.9. The van der Waals surface area contributed by atoms with E-state index in [1.54, 1.807) is 0 Å². The van der Waals surface area contributed by atoms with Crippen LogP contribution >= 0.6 is 0 Å². The smallest absolute Gasteiger partial charge is 0.0376 e. The number of benzene rings is 1. The molecule has 0 bridgehead atoms. The van der Waals surface area contributed by atoms with Crippen molar-refractivity contribution >= 4 is 5.69 Å². The van der Waals surface area contributed by atoms with Gasteiger partial charge >= 0.3 is 0 Å². The highest BCUT2D eigenvalue weighted by molar-refractivity contribution is 5.58. The lowest BCUT2D eigenvalue weighted by molar-refractivity contribution is 0.423. The zero-order valence-corrected chi connectivity index (χ0v) is 9.85. The molecule has 2 rings (SSSR count). The Morgan fingerprint density at radius 1 is 1.33 bits per heavy atom. The van der Waals surface area contributed by atoms with Gasteiger partial charge in [-0.05, 0) is 44.4 Å². The van der Waals surface area contributed by atoms with Crippen molar-refractivity contribution in [1.82, 2.24) is 5.32 Å². The van der Waals surface area contributed by atoms with Crippen LogP contribution in [-0.4, -0.2) is 12.1 Å². The van der Waals surface area contributed by atoms with Crippen LogP contribution in [0.1, 0.15) is 31.9 Å². The highest BCUT2D eigenvalue weighted by atomic mass is 14.9. The van der Waals surface area contributed by atoms with Gasteiger partial charge in [0.25, 0.3) is 0 Å². The maximum atomic E-state index is 3.54. The van der Waals surface area contributed by atoms with Crippen molar-refractivity contribution in [1.29, 1.82) is 0 Å². The first-order chi connectivity index (χ1) is 7.06. The third-order valence-corrected chi connectivity index (χ3v) is 2.77. The van der Waals surface area contributed by atoms with E-state index in [4.69, 9.17) is 0 Å². The summed E-state index contributed by atoms with van der Waals surface area (Å²) in [6, 6.07) is 6.53. The lowest BCUT2D eigenvalue weighted by Crippen LogP contribution is -2.35. The third-order valence-electron chi connectivity index (χ3n) is 2.77. The first kappa shape index (κ1) is 10.5. The molecule has 1 aromatic carbocycles. The summed E-state index contributed by atoms with van der Waals surface area (Å²) in [6.07, 6.45) is 1.16. The fourth-order valence-corrected chi connectivity index (χ4v) is 1.94. The first-order valence-electron chi connectivity index (χ1n) is 5.66. The van der Waals surface area contributed by atoms with Gasteiger partial charge in [0.05, 0.1) is 0 Å². The Morgan fingerprint density at radius 3 is 2.87 bits per heavy atom. The topological polar surface area (TPSA) is 24.1 Å². The molecule has 1 aliphatic rings. The number of anilines is 1. The van der Waals surface area contributed by atoms with Crippen molar-refractivity contribution in [2.75, 3.05) is 11.9 Å². The molecule has 2 heteroatoms. The van der Waals surface area contributed by atoms with E-state index < -0.39 is 0 Å². The van der Waals surface area contributed by atoms with Crippen molar-refractivity contribution in [3.63, 3.8) is 0 Å². The molecule has 0 saturated heterocycles. The minimum absolute atomic E-state index is 0.189. The second-order valence-electron chi connectivity index (χ2n) is 5.22. The van der Waals surface area contributed by atoms with Gasteiger partial charge in [0.2, 0.25) is 0 Å². The van der Waals surface area contributed by atoms with Crippen LogP contribution < -0.4 is 10.6 Å². The number of hydrogen-bond acceptors (Lipinski definition) is 2. The molecule has 0 aliphatic carbocycles. The second-order valence-corrected chi connectivity index (χ2v) is 5.22. The number of rotatable bonds is 2. The predicted molar refractivity (Wildman–Crippen MR) is 65.2 cm³/mol. The lowest BCUT2D eigenvalue weighted by atomic mass is 10.0. The maximum absolute atomic E-state index is 3.54. The molecule has 0 unspecified atom stereocenters. The van der Waals surface area contributed by atoms with Crippen molar-refractivity contribution in [3.8, 4) is 0 Å². The van der Waals surface area contributed by atoms with Crippen LogP contribution in [0.4, 0.5) is 5.69 Å². The third kappa shape index (κ3) is 2.51. The van der Waals surface area contributed by atoms with Crippen LogP contribution in [0.5, 0.6) is 0 Å². The van der Waals surface area contributed by atoms with E-state index in [9.17, 15) is 0 Å². The monoisotopic (exact) mass is 204 g/mol. The fraction of sp³-hybridized carbons (Fsp3) is 0.538. The predicted octanol–water partition coefficient (Wildman–Crippen LogP) is 2.54. The van der Waals surface area contributed by atoms with Crippen LogP contribution in [0.15, 0.2) is 18.2 Å². The van der Waals surface area contributed by atoms with Gasteiger partial charge in [-0.15, -0.1) is 0 Å². The first-order valence-corrected chi connectivity index (χ1v) is 5.66. The largest absolute Gasteiger partial charge is 0.384 e. The van der Waals surface area contributed by atoms with Gasteiger partial charge in [-0.1, -0.05) is 12.1 Å². The molecule has 0 amide bonds. The molecule has 1 aliphatic heterocycles. The van der Waals surface area contributed by atoms with Crippen LogP contribution in [0, 0.1) is 0 Å². The normalized spacial score (nSPS) is 14.9. The van der Waals surface area contributed by atoms with Crippen molar-refractivity contribution in [2.45, 2.75) is 39.3 Å². The minimum atomic E-state index is 0.189.